The largest absolute Gasteiger partial charge is 0.492 e. The number of aliphatic carboxylic acids is 3. The number of nitriles is 1. The molecule has 728 valence electrons. The molecule has 3 heterocycles. The van der Waals surface area contributed by atoms with Crippen LogP contribution in [0.5, 0.6) is 28.7 Å². The van der Waals surface area contributed by atoms with Crippen molar-refractivity contribution in [3.8, 4) is 68.2 Å². The second-order valence-electron chi connectivity index (χ2n) is 35.2. The fourth-order valence-electron chi connectivity index (χ4n) is 15.7. The number of carbonyl (C=O) groups is 3. The summed E-state index contributed by atoms with van der Waals surface area (Å²) in [6, 6.07) is 53.1. The van der Waals surface area contributed by atoms with Crippen LogP contribution < -0.4 is 38.4 Å². The Morgan fingerprint density at radius 3 is 1.17 bits per heavy atom. The Morgan fingerprint density at radius 1 is 0.355 bits per heavy atom. The van der Waals surface area contributed by atoms with Gasteiger partial charge in [0, 0.05) is 58.5 Å². The lowest BCUT2D eigenvalue weighted by atomic mass is 9.90. The molecule has 0 amide bonds. The molecular formula is C109H118F9N9O11. The molecule has 0 saturated heterocycles. The zero-order valence-electron chi connectivity index (χ0n) is 80.3. The van der Waals surface area contributed by atoms with E-state index in [9.17, 15) is 59.2 Å². The number of aryl methyl sites for hydroxylation is 7. The summed E-state index contributed by atoms with van der Waals surface area (Å²) in [4.78, 5) is 60.5. The van der Waals surface area contributed by atoms with Gasteiger partial charge in [-0.1, -0.05) is 161 Å². The van der Waals surface area contributed by atoms with E-state index >= 15 is 0 Å². The molecule has 0 atom stereocenters. The van der Waals surface area contributed by atoms with Crippen molar-refractivity contribution in [2.45, 2.75) is 218 Å². The van der Waals surface area contributed by atoms with Gasteiger partial charge < -0.3 is 53.7 Å². The second-order valence-corrected chi connectivity index (χ2v) is 35.2. The Labute approximate surface area is 800 Å². The van der Waals surface area contributed by atoms with Gasteiger partial charge in [-0.25, -0.2) is 24.9 Å². The van der Waals surface area contributed by atoms with E-state index in [0.29, 0.717) is 103 Å². The third kappa shape index (κ3) is 31.0. The predicted molar refractivity (Wildman–Crippen MR) is 518 cm³/mol. The molecule has 138 heavy (non-hydrogen) atoms. The number of aromatic nitrogens is 5. The summed E-state index contributed by atoms with van der Waals surface area (Å²) in [7, 11) is 0. The molecule has 0 aliphatic carbocycles. The van der Waals surface area contributed by atoms with E-state index < -0.39 is 53.1 Å². The third-order valence-corrected chi connectivity index (χ3v) is 22.8. The number of ether oxygens (including phenoxy) is 5. The van der Waals surface area contributed by atoms with Crippen LogP contribution in [0, 0.1) is 59.8 Å². The van der Waals surface area contributed by atoms with Crippen LogP contribution in [0.1, 0.15) is 223 Å². The van der Waals surface area contributed by atoms with Crippen molar-refractivity contribution in [3.05, 3.63) is 312 Å². The average molecular weight is 1900 g/mol. The van der Waals surface area contributed by atoms with E-state index in [1.807, 2.05) is 107 Å². The highest BCUT2D eigenvalue weighted by atomic mass is 19.4. The number of alkyl halides is 9. The van der Waals surface area contributed by atoms with Gasteiger partial charge in [-0.05, 0) is 272 Å². The first-order valence-corrected chi connectivity index (χ1v) is 45.7. The molecule has 0 saturated carbocycles. The van der Waals surface area contributed by atoms with Crippen LogP contribution >= 0.6 is 0 Å². The first kappa shape index (κ1) is 106. The second kappa shape index (κ2) is 48.6. The molecule has 0 bridgehead atoms. The van der Waals surface area contributed by atoms with Crippen LogP contribution in [0.15, 0.2) is 201 Å². The molecule has 0 aliphatic rings. The number of rotatable bonds is 40. The van der Waals surface area contributed by atoms with Crippen LogP contribution in [0.3, 0.4) is 0 Å². The van der Waals surface area contributed by atoms with Gasteiger partial charge in [-0.3, -0.25) is 14.4 Å². The molecule has 0 spiro atoms. The topological polar surface area (TPSA) is 256 Å². The first-order chi connectivity index (χ1) is 65.4. The van der Waals surface area contributed by atoms with E-state index in [1.54, 1.807) is 19.2 Å². The highest BCUT2D eigenvalue weighted by Gasteiger charge is 2.38. The van der Waals surface area contributed by atoms with Crippen molar-refractivity contribution in [1.82, 2.24) is 24.9 Å². The summed E-state index contributed by atoms with van der Waals surface area (Å²) >= 11 is 0. The Morgan fingerprint density at radius 2 is 0.732 bits per heavy atom. The van der Waals surface area contributed by atoms with Crippen LogP contribution in [0.25, 0.3) is 33.4 Å². The predicted octanol–water partition coefficient (Wildman–Crippen LogP) is 26.6. The molecule has 3 aromatic heterocycles. The lowest BCUT2D eigenvalue weighted by Gasteiger charge is -2.26. The number of hydrogen-bond acceptors (Lipinski definition) is 17. The minimum atomic E-state index is -5.00. The maximum atomic E-state index is 13.8. The number of pyridine rings is 1. The summed E-state index contributed by atoms with van der Waals surface area (Å²) < 4.78 is 153. The zero-order chi connectivity index (χ0) is 100. The normalized spacial score (nSPS) is 11.5. The number of carboxylic acid groups (broad SMARTS) is 3. The standard InChI is InChI=1S/C38H44F3N3O5.C36H39N3O3.C35H35F6N3O3/c1-7-47-34-18-29(33(19-35(34)48-8-2)32-17-28(24(3)4)12-11-26(32)6)23-44(22-27-14-25(5)15-30(16-27)38(39,40)41)37-42-20-31(21-43-37)49-13-9-10-36(45)46;1-24(2)30-10-9-27(5)34(19-30)33-12-8-25(3)17-31(33)23-39(22-29-16-26(4)15-28(18-29)20-37)35-13-11-32(21-38-35)42-14-6-7-36(40)41;1-21(2)25-10-8-23(4)30(15-25)31-12-22(3)7-9-26(31)20-44(33-42-17-29(18-43-33)47-11-5-6-32(45)46)19-24-13-27(34(36,37)38)16-28(14-24)35(39,40)41/h11-12,14-21,24H,7-10,13,22-23H2,1-6H3,(H,45,46);8-13,15-19,21,24H,6-7,14,22-23H2,1-5H3,(H,40,41);7-10,12-18,21H,5-6,11,19-20H2,1-4H3,(H,45,46). The number of nitrogens with zero attached hydrogens (tertiary/aromatic N) is 9. The molecule has 3 N–H and O–H groups in total. The number of carboxylic acids is 3. The summed E-state index contributed by atoms with van der Waals surface area (Å²) in [6.07, 6.45) is -6.26. The number of anilines is 3. The van der Waals surface area contributed by atoms with Gasteiger partial charge in [-0.2, -0.15) is 44.8 Å². The van der Waals surface area contributed by atoms with Gasteiger partial charge in [0.15, 0.2) is 23.0 Å². The van der Waals surface area contributed by atoms with Gasteiger partial charge in [-0.15, -0.1) is 0 Å². The fraction of sp³-hybridized carbons (Fsp3) is 0.349. The molecule has 0 radical (unpaired) electrons. The lowest BCUT2D eigenvalue weighted by Crippen LogP contribution is -2.25. The average Bonchev–Trinajstić information content (AvgIpc) is 0.793. The van der Waals surface area contributed by atoms with Gasteiger partial charge in [0.25, 0.3) is 0 Å². The molecule has 9 aromatic carbocycles. The van der Waals surface area contributed by atoms with Gasteiger partial charge >= 0.3 is 36.4 Å². The van der Waals surface area contributed by atoms with E-state index in [-0.39, 0.29) is 106 Å². The van der Waals surface area contributed by atoms with Crippen molar-refractivity contribution in [1.29, 1.82) is 5.26 Å². The number of hydrogen-bond donors (Lipinski definition) is 3. The minimum absolute atomic E-state index is 0.0309. The van der Waals surface area contributed by atoms with Gasteiger partial charge in [0.05, 0.1) is 92.3 Å². The Bertz CT molecular complexity index is 6170. The van der Waals surface area contributed by atoms with Crippen molar-refractivity contribution >= 4 is 35.6 Å². The van der Waals surface area contributed by atoms with Crippen LogP contribution in [0.4, 0.5) is 57.2 Å². The molecule has 29 heteroatoms. The van der Waals surface area contributed by atoms with Crippen molar-refractivity contribution in [2.24, 2.45) is 0 Å². The maximum Gasteiger partial charge on any atom is 0.416 e. The third-order valence-electron chi connectivity index (χ3n) is 22.8. The van der Waals surface area contributed by atoms with E-state index in [1.165, 1.54) is 63.1 Å². The van der Waals surface area contributed by atoms with Crippen LogP contribution in [-0.4, -0.2) is 91.2 Å². The minimum Gasteiger partial charge on any atom is -0.492 e. The van der Waals surface area contributed by atoms with Crippen molar-refractivity contribution in [3.63, 3.8) is 0 Å². The SMILES string of the molecule is CCOc1cc(CN(Cc2cc(C)cc(C(F)(F)F)c2)c2ncc(OCCCC(=O)O)cn2)c(-c2cc(C(C)C)ccc2C)cc1OCC.Cc1cc(C#N)cc(CN(Cc2cc(C)ccc2-c2cc(C(C)C)ccc2C)c2ccc(OCCCC(=O)O)cn2)c1.Cc1ccc(CN(Cc2cc(C(F)(F)F)cc(C(F)(F)F)c2)c2ncc(OCCCC(=O)O)cn2)c(-c2cc(C(C)C)ccc2C)c1. The quantitative estimate of drug-likeness (QED) is 0.0238. The molecule has 12 rings (SSSR count). The van der Waals surface area contributed by atoms with Crippen LogP contribution in [0.2, 0.25) is 0 Å². The van der Waals surface area contributed by atoms with Crippen molar-refractivity contribution < 1.29 is 92.9 Å². The fourth-order valence-corrected chi connectivity index (χ4v) is 15.7. The van der Waals surface area contributed by atoms with Crippen molar-refractivity contribution in [2.75, 3.05) is 47.7 Å². The molecule has 0 aliphatic heterocycles. The molecular weight excluding hydrogens is 1780 g/mol. The highest BCUT2D eigenvalue weighted by Crippen LogP contribution is 2.44. The van der Waals surface area contributed by atoms with Gasteiger partial charge in [0.2, 0.25) is 11.9 Å². The van der Waals surface area contributed by atoms with E-state index in [0.717, 1.165) is 90.3 Å². The monoisotopic (exact) mass is 1900 g/mol. The highest BCUT2D eigenvalue weighted by molar-refractivity contribution is 5.77. The lowest BCUT2D eigenvalue weighted by molar-refractivity contribution is -0.143. The summed E-state index contributed by atoms with van der Waals surface area (Å²) in [5.74, 6) is 1.70. The Balaban J connectivity index is 0.000000214. The molecule has 0 fully saturated rings. The Hall–Kier alpha value is -14.0. The molecule has 12 aromatic rings. The maximum absolute atomic E-state index is 13.8. The Kier molecular flexibility index (Phi) is 37.3. The smallest absolute Gasteiger partial charge is 0.416 e. The van der Waals surface area contributed by atoms with E-state index in [4.69, 9.17) is 44.0 Å². The summed E-state index contributed by atoms with van der Waals surface area (Å²) in [5, 5.41) is 36.2. The number of halogens is 9. The summed E-state index contributed by atoms with van der Waals surface area (Å²) in [6.45, 7) is 33.1. The number of benzene rings is 9. The molecule has 20 nitrogen and oxygen atoms in total. The van der Waals surface area contributed by atoms with Gasteiger partial charge in [0.1, 0.15) is 11.6 Å². The first-order valence-electron chi connectivity index (χ1n) is 45.7. The summed E-state index contributed by atoms with van der Waals surface area (Å²) in [5.41, 5.74) is 17.9. The molecule has 0 unspecified atom stereocenters. The van der Waals surface area contributed by atoms with E-state index in [2.05, 4.69) is 159 Å². The zero-order valence-corrected chi connectivity index (χ0v) is 80.3. The van der Waals surface area contributed by atoms with Crippen LogP contribution in [-0.2, 0) is 72.2 Å².